The van der Waals surface area contributed by atoms with Crippen LogP contribution in [0.1, 0.15) is 32.0 Å². The minimum atomic E-state index is -0.498. The van der Waals surface area contributed by atoms with Crippen molar-refractivity contribution in [2.24, 2.45) is 0 Å². The Labute approximate surface area is 133 Å². The molecule has 1 unspecified atom stereocenters. The van der Waals surface area contributed by atoms with Crippen molar-refractivity contribution in [3.05, 3.63) is 24.9 Å². The number of thiazole rings is 1. The highest BCUT2D eigenvalue weighted by Crippen LogP contribution is 2.32. The summed E-state index contributed by atoms with van der Waals surface area (Å²) < 4.78 is 0.554. The molecule has 2 N–H and O–H groups in total. The van der Waals surface area contributed by atoms with E-state index in [9.17, 15) is 9.59 Å². The molecule has 2 rings (SSSR count). The lowest BCUT2D eigenvalue weighted by atomic mass is 10.1. The van der Waals surface area contributed by atoms with Gasteiger partial charge in [0.1, 0.15) is 10.0 Å². The molecule has 7 nitrogen and oxygen atoms in total. The van der Waals surface area contributed by atoms with E-state index >= 15 is 0 Å². The molecule has 0 radical (unpaired) electrons. The lowest BCUT2D eigenvalue weighted by Crippen LogP contribution is -2.32. The van der Waals surface area contributed by atoms with Crippen LogP contribution in [0, 0.1) is 0 Å². The number of rotatable bonds is 4. The lowest BCUT2D eigenvalue weighted by Gasteiger charge is -2.13. The maximum atomic E-state index is 12.1. The highest BCUT2D eigenvalue weighted by Gasteiger charge is 2.19. The standard InChI is InChI=1S/C11H11Cl2N5O2S/c1-3-5(14-4(2)19)6-10(20)16-9(18-17-6)7-8(12)21-11(13)15-7/h5H,3H2,1-2H3,(H,14,19)(H,16,18,20). The van der Waals surface area contributed by atoms with Crippen LogP contribution in [0.3, 0.4) is 0 Å². The van der Waals surface area contributed by atoms with Gasteiger partial charge in [0.2, 0.25) is 5.91 Å². The maximum absolute atomic E-state index is 12.1. The number of amides is 1. The number of hydrogen-bond acceptors (Lipinski definition) is 6. The minimum absolute atomic E-state index is 0.133. The molecule has 2 aromatic heterocycles. The average molecular weight is 348 g/mol. The predicted molar refractivity (Wildman–Crippen MR) is 80.6 cm³/mol. The molecule has 0 bridgehead atoms. The first kappa shape index (κ1) is 15.9. The molecular weight excluding hydrogens is 337 g/mol. The number of carbonyl (C=O) groups is 1. The summed E-state index contributed by atoms with van der Waals surface area (Å²) in [6, 6.07) is -0.498. The zero-order valence-electron chi connectivity index (χ0n) is 11.1. The molecular formula is C11H11Cl2N5O2S. The molecule has 0 aromatic carbocycles. The Morgan fingerprint density at radius 1 is 1.43 bits per heavy atom. The molecule has 112 valence electrons. The van der Waals surface area contributed by atoms with Crippen molar-refractivity contribution in [3.63, 3.8) is 0 Å². The van der Waals surface area contributed by atoms with Crippen LogP contribution in [0.25, 0.3) is 11.5 Å². The molecule has 2 aromatic rings. The summed E-state index contributed by atoms with van der Waals surface area (Å²) >= 11 is 12.8. The largest absolute Gasteiger partial charge is 0.348 e. The van der Waals surface area contributed by atoms with E-state index in [2.05, 4.69) is 25.5 Å². The highest BCUT2D eigenvalue weighted by molar-refractivity contribution is 7.19. The van der Waals surface area contributed by atoms with E-state index in [1.165, 1.54) is 6.92 Å². The number of halogens is 2. The zero-order valence-corrected chi connectivity index (χ0v) is 13.4. The van der Waals surface area contributed by atoms with Gasteiger partial charge in [0.05, 0.1) is 6.04 Å². The molecule has 1 atom stereocenters. The Hall–Kier alpha value is -1.51. The van der Waals surface area contributed by atoms with Crippen molar-refractivity contribution in [2.75, 3.05) is 0 Å². The Kier molecular flexibility index (Phi) is 4.92. The molecule has 0 fully saturated rings. The molecule has 0 saturated heterocycles. The summed E-state index contributed by atoms with van der Waals surface area (Å²) in [6.07, 6.45) is 0.514. The van der Waals surface area contributed by atoms with Gasteiger partial charge in [-0.1, -0.05) is 41.5 Å². The summed E-state index contributed by atoms with van der Waals surface area (Å²) in [5, 5.41) is 10.4. The summed E-state index contributed by atoms with van der Waals surface area (Å²) in [5.41, 5.74) is -0.0509. The number of carbonyl (C=O) groups excluding carboxylic acids is 1. The SMILES string of the molecule is CCC(NC(C)=O)c1nnc(-c2nc(Cl)sc2Cl)[nH]c1=O. The number of nitrogens with zero attached hydrogens (tertiary/aromatic N) is 3. The Morgan fingerprint density at radius 3 is 2.62 bits per heavy atom. The highest BCUT2D eigenvalue weighted by atomic mass is 35.5. The monoisotopic (exact) mass is 347 g/mol. The lowest BCUT2D eigenvalue weighted by molar-refractivity contribution is -0.119. The first-order valence-electron chi connectivity index (χ1n) is 5.98. The van der Waals surface area contributed by atoms with Gasteiger partial charge in [0.15, 0.2) is 16.0 Å². The van der Waals surface area contributed by atoms with Gasteiger partial charge in [-0.15, -0.1) is 10.2 Å². The van der Waals surface area contributed by atoms with Crippen molar-refractivity contribution in [2.45, 2.75) is 26.3 Å². The van der Waals surface area contributed by atoms with E-state index < -0.39 is 11.6 Å². The van der Waals surface area contributed by atoms with Gasteiger partial charge in [-0.3, -0.25) is 9.59 Å². The van der Waals surface area contributed by atoms with Gasteiger partial charge in [-0.2, -0.15) is 0 Å². The van der Waals surface area contributed by atoms with Gasteiger partial charge in [-0.05, 0) is 6.42 Å². The normalized spacial score (nSPS) is 12.2. The van der Waals surface area contributed by atoms with Crippen LogP contribution in [-0.4, -0.2) is 26.1 Å². The molecule has 1 amide bonds. The van der Waals surface area contributed by atoms with E-state index in [-0.39, 0.29) is 27.6 Å². The van der Waals surface area contributed by atoms with E-state index in [1.807, 2.05) is 6.92 Å². The van der Waals surface area contributed by atoms with E-state index in [0.29, 0.717) is 10.8 Å². The molecule has 0 spiro atoms. The average Bonchev–Trinajstić information content (AvgIpc) is 2.75. The third-order valence-corrected chi connectivity index (χ3v) is 3.98. The number of nitrogens with one attached hydrogen (secondary N) is 2. The number of H-pyrrole nitrogens is 1. The number of aromatic amines is 1. The third kappa shape index (κ3) is 3.58. The van der Waals surface area contributed by atoms with Crippen LogP contribution in [0.2, 0.25) is 8.80 Å². The van der Waals surface area contributed by atoms with Gasteiger partial charge in [-0.25, -0.2) is 4.98 Å². The van der Waals surface area contributed by atoms with Crippen molar-refractivity contribution >= 4 is 40.4 Å². The van der Waals surface area contributed by atoms with Crippen molar-refractivity contribution in [3.8, 4) is 11.5 Å². The molecule has 10 heteroatoms. The topological polar surface area (TPSA) is 101 Å². The zero-order chi connectivity index (χ0) is 15.6. The third-order valence-electron chi connectivity index (χ3n) is 2.62. The van der Waals surface area contributed by atoms with Gasteiger partial charge >= 0.3 is 0 Å². The molecule has 0 saturated carbocycles. The first-order valence-corrected chi connectivity index (χ1v) is 7.55. The fraction of sp³-hybridized carbons (Fsp3) is 0.364. The minimum Gasteiger partial charge on any atom is -0.348 e. The fourth-order valence-electron chi connectivity index (χ4n) is 1.71. The van der Waals surface area contributed by atoms with Crippen molar-refractivity contribution in [1.82, 2.24) is 25.5 Å². The van der Waals surface area contributed by atoms with Gasteiger partial charge in [0.25, 0.3) is 5.56 Å². The van der Waals surface area contributed by atoms with Crippen molar-refractivity contribution in [1.29, 1.82) is 0 Å². The van der Waals surface area contributed by atoms with Crippen LogP contribution in [0.4, 0.5) is 0 Å². The smallest absolute Gasteiger partial charge is 0.275 e. The number of aromatic nitrogens is 4. The number of hydrogen-bond donors (Lipinski definition) is 2. The summed E-state index contributed by atoms with van der Waals surface area (Å²) in [5.74, 6) is -0.115. The van der Waals surface area contributed by atoms with Gasteiger partial charge in [0, 0.05) is 6.92 Å². The molecule has 0 aliphatic heterocycles. The van der Waals surface area contributed by atoms with Crippen LogP contribution in [0.5, 0.6) is 0 Å². The fourth-order valence-corrected chi connectivity index (χ4v) is 3.02. The van der Waals surface area contributed by atoms with Crippen molar-refractivity contribution < 1.29 is 4.79 Å². The van der Waals surface area contributed by atoms with Gasteiger partial charge < -0.3 is 10.3 Å². The summed E-state index contributed by atoms with van der Waals surface area (Å²) in [6.45, 7) is 3.20. The van der Waals surface area contributed by atoms with Crippen LogP contribution < -0.4 is 10.9 Å². The Balaban J connectivity index is 2.39. The molecule has 0 aliphatic rings. The Morgan fingerprint density at radius 2 is 2.14 bits per heavy atom. The van der Waals surface area contributed by atoms with Crippen LogP contribution >= 0.6 is 34.5 Å². The maximum Gasteiger partial charge on any atom is 0.275 e. The molecule has 0 aliphatic carbocycles. The second-order valence-electron chi connectivity index (χ2n) is 4.14. The van der Waals surface area contributed by atoms with E-state index in [4.69, 9.17) is 23.2 Å². The summed E-state index contributed by atoms with van der Waals surface area (Å²) in [4.78, 5) is 29.8. The molecule has 21 heavy (non-hydrogen) atoms. The second-order valence-corrected chi connectivity index (χ2v) is 6.32. The first-order chi connectivity index (χ1) is 9.92. The quantitative estimate of drug-likeness (QED) is 0.882. The van der Waals surface area contributed by atoms with Crippen LogP contribution in [-0.2, 0) is 4.79 Å². The summed E-state index contributed by atoms with van der Waals surface area (Å²) in [7, 11) is 0. The van der Waals surface area contributed by atoms with Crippen LogP contribution in [0.15, 0.2) is 4.79 Å². The second kappa shape index (κ2) is 6.50. The van der Waals surface area contributed by atoms with E-state index in [1.54, 1.807) is 0 Å². The van der Waals surface area contributed by atoms with E-state index in [0.717, 1.165) is 11.3 Å². The predicted octanol–water partition coefficient (Wildman–Crippen LogP) is 2.18. The Bertz CT molecular complexity index is 730. The molecule has 2 heterocycles.